The molecule has 416 valence electrons. The smallest absolute Gasteiger partial charge is 0.306 e. The highest BCUT2D eigenvalue weighted by molar-refractivity contribution is 5.71. The van der Waals surface area contributed by atoms with Gasteiger partial charge in [0, 0.05) is 19.3 Å². The van der Waals surface area contributed by atoms with E-state index in [0.29, 0.717) is 19.3 Å². The Hall–Kier alpha value is -5.49. The molecule has 0 aliphatic rings. The van der Waals surface area contributed by atoms with Crippen molar-refractivity contribution >= 4 is 17.9 Å². The Morgan fingerprint density at radius 2 is 0.493 bits per heavy atom. The van der Waals surface area contributed by atoms with Gasteiger partial charge in [0.05, 0.1) is 0 Å². The van der Waals surface area contributed by atoms with Crippen LogP contribution in [0.3, 0.4) is 0 Å². The first kappa shape index (κ1) is 69.5. The van der Waals surface area contributed by atoms with Crippen LogP contribution >= 0.6 is 0 Å². The molecular formula is C69H104O6. The number of unbranched alkanes of at least 4 members (excludes halogenated alkanes) is 9. The quantitative estimate of drug-likeness (QED) is 0.0261. The number of rotatable bonds is 50. The number of esters is 3. The van der Waals surface area contributed by atoms with E-state index in [1.165, 1.54) is 0 Å². The van der Waals surface area contributed by atoms with Gasteiger partial charge in [-0.25, -0.2) is 0 Å². The lowest BCUT2D eigenvalue weighted by atomic mass is 10.1. The Bertz CT molecular complexity index is 1800. The van der Waals surface area contributed by atoms with Gasteiger partial charge >= 0.3 is 17.9 Å². The second-order valence-electron chi connectivity index (χ2n) is 18.4. The molecule has 0 heterocycles. The molecule has 0 N–H and O–H groups in total. The molecule has 0 aromatic carbocycles. The summed E-state index contributed by atoms with van der Waals surface area (Å²) in [4.78, 5) is 38.2. The maximum absolute atomic E-state index is 12.8. The normalized spacial score (nSPS) is 13.5. The van der Waals surface area contributed by atoms with Gasteiger partial charge in [-0.05, 0) is 148 Å². The fraction of sp³-hybridized carbons (Fsp3) is 0.522. The first-order valence-corrected chi connectivity index (χ1v) is 29.3. The summed E-state index contributed by atoms with van der Waals surface area (Å²) in [5.74, 6) is -1.05. The van der Waals surface area contributed by atoms with Crippen LogP contribution in [-0.2, 0) is 28.6 Å². The van der Waals surface area contributed by atoms with Gasteiger partial charge < -0.3 is 14.2 Å². The van der Waals surface area contributed by atoms with Crippen molar-refractivity contribution in [3.05, 3.63) is 182 Å². The zero-order valence-corrected chi connectivity index (χ0v) is 47.5. The summed E-state index contributed by atoms with van der Waals surface area (Å²) in [5.41, 5.74) is 0. The van der Waals surface area contributed by atoms with E-state index in [4.69, 9.17) is 14.2 Å². The molecule has 0 fully saturated rings. The maximum Gasteiger partial charge on any atom is 0.306 e. The predicted molar refractivity (Wildman–Crippen MR) is 324 cm³/mol. The lowest BCUT2D eigenvalue weighted by molar-refractivity contribution is -0.167. The van der Waals surface area contributed by atoms with E-state index in [1.807, 2.05) is 0 Å². The van der Waals surface area contributed by atoms with Gasteiger partial charge in [-0.2, -0.15) is 0 Å². The molecule has 0 spiro atoms. The summed E-state index contributed by atoms with van der Waals surface area (Å²) in [7, 11) is 0. The predicted octanol–water partition coefficient (Wildman–Crippen LogP) is 20.1. The van der Waals surface area contributed by atoms with Crippen molar-refractivity contribution in [1.82, 2.24) is 0 Å². The average Bonchev–Trinajstić information content (AvgIpc) is 3.41. The topological polar surface area (TPSA) is 78.9 Å². The zero-order chi connectivity index (χ0) is 54.3. The van der Waals surface area contributed by atoms with Crippen LogP contribution in [0.4, 0.5) is 0 Å². The standard InChI is InChI=1S/C69H104O6/c1-4-7-10-13-16-19-22-25-28-30-31-32-33-34-35-36-37-39-41-44-47-50-53-56-59-62-68(71)74-65-66(64-73-67(70)61-58-55-52-49-46-43-40-27-24-21-18-15-12-9-6-3)75-69(72)63-60-57-54-51-48-45-42-38-29-26-23-20-17-14-11-8-5-2/h7-12,16-21,25-29,31-32,34-35,37,39-40,42,44-45,47,51,54,66H,4-6,13-15,22-24,30,33,36,38,41,43,46,48-50,52-53,55-65H2,1-3H3/b10-7-,11-8-,12-9-,19-16-,20-17-,21-18-,28-25-,29-26-,32-31-,35-34-,39-37-,40-27-,45-42-,47-44-,54-51-. The molecule has 0 aliphatic carbocycles. The van der Waals surface area contributed by atoms with Gasteiger partial charge in [0.1, 0.15) is 13.2 Å². The molecule has 0 rings (SSSR count). The lowest BCUT2D eigenvalue weighted by Crippen LogP contribution is -2.30. The summed E-state index contributed by atoms with van der Waals surface area (Å²) < 4.78 is 16.8. The minimum absolute atomic E-state index is 0.130. The van der Waals surface area contributed by atoms with Crippen LogP contribution in [0.5, 0.6) is 0 Å². The molecule has 0 amide bonds. The SMILES string of the molecule is CC/C=C\C/C=C\C/C=C\C/C=C\C/C=C\C/C=C\C/C=C\CCCCCC(=O)OCC(COC(=O)CCCCCCC/C=C\C/C=C\C/C=C\CC)OC(=O)CCC/C=C\C/C=C\C/C=C\C/C=C\C/C=C\CC. The third-order valence-corrected chi connectivity index (χ3v) is 11.4. The Morgan fingerprint density at radius 3 is 0.800 bits per heavy atom. The number of allylic oxidation sites excluding steroid dienone is 30. The molecule has 6 nitrogen and oxygen atoms in total. The molecule has 0 aromatic heterocycles. The molecule has 0 aromatic rings. The van der Waals surface area contributed by atoms with Crippen molar-refractivity contribution < 1.29 is 28.6 Å². The molecule has 0 radical (unpaired) electrons. The van der Waals surface area contributed by atoms with Crippen LogP contribution in [0, 0.1) is 0 Å². The minimum Gasteiger partial charge on any atom is -0.462 e. The fourth-order valence-corrected chi connectivity index (χ4v) is 7.12. The van der Waals surface area contributed by atoms with Crippen molar-refractivity contribution in [2.24, 2.45) is 0 Å². The summed E-state index contributed by atoms with van der Waals surface area (Å²) in [5, 5.41) is 0. The van der Waals surface area contributed by atoms with Crippen molar-refractivity contribution in [2.75, 3.05) is 13.2 Å². The molecule has 75 heavy (non-hydrogen) atoms. The number of hydrogen-bond acceptors (Lipinski definition) is 6. The van der Waals surface area contributed by atoms with Crippen LogP contribution in [-0.4, -0.2) is 37.2 Å². The van der Waals surface area contributed by atoms with Crippen LogP contribution in [0.2, 0.25) is 0 Å². The van der Waals surface area contributed by atoms with Gasteiger partial charge in [0.2, 0.25) is 0 Å². The number of carbonyl (C=O) groups excluding carboxylic acids is 3. The largest absolute Gasteiger partial charge is 0.462 e. The fourth-order valence-electron chi connectivity index (χ4n) is 7.12. The van der Waals surface area contributed by atoms with Crippen molar-refractivity contribution in [1.29, 1.82) is 0 Å². The summed E-state index contributed by atoms with van der Waals surface area (Å²) in [6.45, 7) is 6.18. The highest BCUT2D eigenvalue weighted by Crippen LogP contribution is 2.11. The van der Waals surface area contributed by atoms with Gasteiger partial charge in [0.25, 0.3) is 0 Å². The molecule has 0 bridgehead atoms. The van der Waals surface area contributed by atoms with Crippen LogP contribution < -0.4 is 0 Å². The van der Waals surface area contributed by atoms with Crippen molar-refractivity contribution in [3.8, 4) is 0 Å². The second kappa shape index (κ2) is 61.1. The monoisotopic (exact) mass is 1030 g/mol. The molecule has 0 aliphatic heterocycles. The lowest BCUT2D eigenvalue weighted by Gasteiger charge is -2.18. The zero-order valence-electron chi connectivity index (χ0n) is 47.5. The van der Waals surface area contributed by atoms with Gasteiger partial charge in [-0.3, -0.25) is 14.4 Å². The minimum atomic E-state index is -0.841. The molecule has 6 heteroatoms. The Kier molecular flexibility index (Phi) is 56.6. The maximum atomic E-state index is 12.8. The van der Waals surface area contributed by atoms with Crippen LogP contribution in [0.25, 0.3) is 0 Å². The van der Waals surface area contributed by atoms with E-state index in [1.54, 1.807) is 0 Å². The average molecular weight is 1030 g/mol. The highest BCUT2D eigenvalue weighted by Gasteiger charge is 2.19. The first-order chi connectivity index (χ1) is 37.0. The van der Waals surface area contributed by atoms with Crippen molar-refractivity contribution in [3.63, 3.8) is 0 Å². The van der Waals surface area contributed by atoms with Gasteiger partial charge in [-0.1, -0.05) is 229 Å². The van der Waals surface area contributed by atoms with Crippen LogP contribution in [0.1, 0.15) is 213 Å². The third kappa shape index (κ3) is 59.3. The van der Waals surface area contributed by atoms with E-state index in [0.717, 1.165) is 167 Å². The van der Waals surface area contributed by atoms with E-state index >= 15 is 0 Å². The molecule has 0 saturated heterocycles. The Labute approximate surface area is 459 Å². The Morgan fingerprint density at radius 1 is 0.267 bits per heavy atom. The molecule has 1 atom stereocenters. The van der Waals surface area contributed by atoms with Gasteiger partial charge in [-0.15, -0.1) is 0 Å². The number of carbonyl (C=O) groups is 3. The van der Waals surface area contributed by atoms with E-state index in [9.17, 15) is 14.4 Å². The summed E-state index contributed by atoms with van der Waals surface area (Å²) >= 11 is 0. The number of ether oxygens (including phenoxy) is 3. The third-order valence-electron chi connectivity index (χ3n) is 11.4. The molecular weight excluding hydrogens is 925 g/mol. The highest BCUT2D eigenvalue weighted by atomic mass is 16.6. The summed E-state index contributed by atoms with van der Waals surface area (Å²) in [6.07, 6.45) is 91.7. The van der Waals surface area contributed by atoms with E-state index in [2.05, 4.69) is 203 Å². The Balaban J connectivity index is 4.57. The van der Waals surface area contributed by atoms with Crippen LogP contribution in [0.15, 0.2) is 182 Å². The van der Waals surface area contributed by atoms with Crippen molar-refractivity contribution in [2.45, 2.75) is 219 Å². The van der Waals surface area contributed by atoms with E-state index in [-0.39, 0.29) is 37.5 Å². The van der Waals surface area contributed by atoms with Gasteiger partial charge in [0.15, 0.2) is 6.10 Å². The first-order valence-electron chi connectivity index (χ1n) is 29.3. The number of hydrogen-bond donors (Lipinski definition) is 0. The molecule has 0 saturated carbocycles. The molecule has 1 unspecified atom stereocenters. The summed E-state index contributed by atoms with van der Waals surface area (Å²) in [6, 6.07) is 0. The second-order valence-corrected chi connectivity index (χ2v) is 18.4. The van der Waals surface area contributed by atoms with E-state index < -0.39 is 6.10 Å².